The van der Waals surface area contributed by atoms with Gasteiger partial charge in [-0.15, -0.1) is 0 Å². The number of aryl methyl sites for hydroxylation is 2. The smallest absolute Gasteiger partial charge is 0.276 e. The van der Waals surface area contributed by atoms with Crippen molar-refractivity contribution in [1.82, 2.24) is 10.9 Å². The normalized spacial score (nSPS) is 10.1. The van der Waals surface area contributed by atoms with Crippen molar-refractivity contribution < 1.29 is 19.1 Å². The van der Waals surface area contributed by atoms with Gasteiger partial charge in [0.25, 0.3) is 11.8 Å². The SMILES string of the molecule is CCCOc1ccccc1C(=O)NNC(=O)COc1c(C)cccc1C. The van der Waals surface area contributed by atoms with Crippen LogP contribution in [-0.2, 0) is 4.79 Å². The van der Waals surface area contributed by atoms with Crippen LogP contribution in [0.3, 0.4) is 0 Å². The fraction of sp³-hybridized carbons (Fsp3) is 0.300. The second kappa shape index (κ2) is 9.46. The quantitative estimate of drug-likeness (QED) is 0.748. The van der Waals surface area contributed by atoms with E-state index in [9.17, 15) is 9.59 Å². The summed E-state index contributed by atoms with van der Waals surface area (Å²) in [6.07, 6.45) is 0.836. The lowest BCUT2D eigenvalue weighted by molar-refractivity contribution is -0.123. The molecule has 0 atom stereocenters. The lowest BCUT2D eigenvalue weighted by Crippen LogP contribution is -2.44. The van der Waals surface area contributed by atoms with Gasteiger partial charge in [-0.05, 0) is 43.5 Å². The highest BCUT2D eigenvalue weighted by Crippen LogP contribution is 2.22. The van der Waals surface area contributed by atoms with Crippen molar-refractivity contribution in [2.75, 3.05) is 13.2 Å². The number of ether oxygens (including phenoxy) is 2. The van der Waals surface area contributed by atoms with Crippen LogP contribution in [0.4, 0.5) is 0 Å². The molecule has 0 bridgehead atoms. The van der Waals surface area contributed by atoms with Crippen LogP contribution < -0.4 is 20.3 Å². The molecule has 0 aromatic heterocycles. The minimum absolute atomic E-state index is 0.194. The summed E-state index contributed by atoms with van der Waals surface area (Å²) in [5.74, 6) is 0.255. The summed E-state index contributed by atoms with van der Waals surface area (Å²) in [6, 6.07) is 12.6. The number of para-hydroxylation sites is 2. The van der Waals surface area contributed by atoms with Crippen LogP contribution in [0.1, 0.15) is 34.8 Å². The van der Waals surface area contributed by atoms with Gasteiger partial charge in [0.05, 0.1) is 12.2 Å². The van der Waals surface area contributed by atoms with Crippen molar-refractivity contribution in [3.63, 3.8) is 0 Å². The lowest BCUT2D eigenvalue weighted by Gasteiger charge is -2.13. The Balaban J connectivity index is 1.88. The molecule has 2 rings (SSSR count). The zero-order chi connectivity index (χ0) is 18.9. The van der Waals surface area contributed by atoms with Crippen molar-refractivity contribution >= 4 is 11.8 Å². The molecule has 2 amide bonds. The molecule has 0 unspecified atom stereocenters. The van der Waals surface area contributed by atoms with Gasteiger partial charge in [0, 0.05) is 0 Å². The molecule has 6 heteroatoms. The molecule has 0 heterocycles. The third-order valence-corrected chi connectivity index (χ3v) is 3.67. The van der Waals surface area contributed by atoms with Gasteiger partial charge in [-0.1, -0.05) is 37.3 Å². The van der Waals surface area contributed by atoms with E-state index >= 15 is 0 Å². The first-order valence-corrected chi connectivity index (χ1v) is 8.53. The Morgan fingerprint density at radius 2 is 1.62 bits per heavy atom. The first-order chi connectivity index (χ1) is 12.5. The fourth-order valence-corrected chi connectivity index (χ4v) is 2.39. The van der Waals surface area contributed by atoms with Crippen LogP contribution in [0.25, 0.3) is 0 Å². The molecule has 0 spiro atoms. The van der Waals surface area contributed by atoms with Crippen LogP contribution in [0.15, 0.2) is 42.5 Å². The molecule has 138 valence electrons. The molecule has 26 heavy (non-hydrogen) atoms. The molecular formula is C20H24N2O4. The lowest BCUT2D eigenvalue weighted by atomic mass is 10.1. The Hall–Kier alpha value is -3.02. The summed E-state index contributed by atoms with van der Waals surface area (Å²) in [7, 11) is 0. The standard InChI is InChI=1S/C20H24N2O4/c1-4-12-25-17-11-6-5-10-16(17)20(24)22-21-18(23)13-26-19-14(2)8-7-9-15(19)3/h5-11H,4,12-13H2,1-3H3,(H,21,23)(H,22,24). The van der Waals surface area contributed by atoms with E-state index in [0.29, 0.717) is 23.7 Å². The van der Waals surface area contributed by atoms with Crippen LogP contribution >= 0.6 is 0 Å². The molecule has 0 radical (unpaired) electrons. The van der Waals surface area contributed by atoms with Crippen molar-refractivity contribution in [3.8, 4) is 11.5 Å². The number of hydrogen-bond acceptors (Lipinski definition) is 4. The van der Waals surface area contributed by atoms with Crippen molar-refractivity contribution in [1.29, 1.82) is 0 Å². The highest BCUT2D eigenvalue weighted by atomic mass is 16.5. The largest absolute Gasteiger partial charge is 0.493 e. The minimum atomic E-state index is -0.451. The summed E-state index contributed by atoms with van der Waals surface area (Å²) in [5.41, 5.74) is 6.99. The number of hydrazine groups is 1. The van der Waals surface area contributed by atoms with Gasteiger partial charge >= 0.3 is 0 Å². The number of nitrogens with one attached hydrogen (secondary N) is 2. The molecule has 0 aliphatic heterocycles. The highest BCUT2D eigenvalue weighted by molar-refractivity contribution is 5.97. The van der Waals surface area contributed by atoms with Crippen molar-refractivity contribution in [3.05, 3.63) is 59.2 Å². The Bertz CT molecular complexity index is 754. The van der Waals surface area contributed by atoms with Crippen LogP contribution in [-0.4, -0.2) is 25.0 Å². The maximum absolute atomic E-state index is 12.3. The molecule has 0 aliphatic rings. The van der Waals surface area contributed by atoms with Crippen LogP contribution in [0.5, 0.6) is 11.5 Å². The fourth-order valence-electron chi connectivity index (χ4n) is 2.39. The number of carbonyl (C=O) groups excluding carboxylic acids is 2. The molecule has 0 aliphatic carbocycles. The van der Waals surface area contributed by atoms with E-state index in [1.54, 1.807) is 24.3 Å². The van der Waals surface area contributed by atoms with E-state index in [1.807, 2.05) is 39.0 Å². The zero-order valence-corrected chi connectivity index (χ0v) is 15.3. The number of rotatable bonds is 7. The average Bonchev–Trinajstić information content (AvgIpc) is 2.64. The van der Waals surface area contributed by atoms with Crippen molar-refractivity contribution in [2.45, 2.75) is 27.2 Å². The predicted molar refractivity (Wildman–Crippen MR) is 99.2 cm³/mol. The van der Waals surface area contributed by atoms with Gasteiger partial charge in [-0.25, -0.2) is 0 Å². The third kappa shape index (κ3) is 5.24. The molecular weight excluding hydrogens is 332 g/mol. The minimum Gasteiger partial charge on any atom is -0.493 e. The van der Waals surface area contributed by atoms with E-state index in [1.165, 1.54) is 0 Å². The molecule has 2 N–H and O–H groups in total. The monoisotopic (exact) mass is 356 g/mol. The summed E-state index contributed by atoms with van der Waals surface area (Å²) >= 11 is 0. The second-order valence-corrected chi connectivity index (χ2v) is 5.86. The number of amides is 2. The highest BCUT2D eigenvalue weighted by Gasteiger charge is 2.13. The Labute approximate surface area is 153 Å². The van der Waals surface area contributed by atoms with Crippen LogP contribution in [0, 0.1) is 13.8 Å². The molecule has 0 saturated heterocycles. The Morgan fingerprint density at radius 1 is 0.923 bits per heavy atom. The zero-order valence-electron chi connectivity index (χ0n) is 15.3. The van der Waals surface area contributed by atoms with Crippen molar-refractivity contribution in [2.24, 2.45) is 0 Å². The first kappa shape index (κ1) is 19.3. The van der Waals surface area contributed by atoms with E-state index in [2.05, 4.69) is 10.9 Å². The molecule has 6 nitrogen and oxygen atoms in total. The topological polar surface area (TPSA) is 76.7 Å². The molecule has 2 aromatic carbocycles. The Kier molecular flexibility index (Phi) is 7.02. The molecule has 0 saturated carbocycles. The van der Waals surface area contributed by atoms with Gasteiger partial charge < -0.3 is 9.47 Å². The predicted octanol–water partition coefficient (Wildman–Crippen LogP) is 2.93. The Morgan fingerprint density at radius 3 is 2.31 bits per heavy atom. The van der Waals surface area contributed by atoms with Gasteiger partial charge in [-0.2, -0.15) is 0 Å². The van der Waals surface area contributed by atoms with Gasteiger partial charge in [0.1, 0.15) is 11.5 Å². The van der Waals surface area contributed by atoms with E-state index in [-0.39, 0.29) is 6.61 Å². The molecule has 2 aromatic rings. The maximum Gasteiger partial charge on any atom is 0.276 e. The maximum atomic E-state index is 12.3. The van der Waals surface area contributed by atoms with E-state index in [0.717, 1.165) is 17.5 Å². The molecule has 0 fully saturated rings. The van der Waals surface area contributed by atoms with Crippen LogP contribution in [0.2, 0.25) is 0 Å². The third-order valence-electron chi connectivity index (χ3n) is 3.67. The number of hydrogen-bond donors (Lipinski definition) is 2. The van der Waals surface area contributed by atoms with Gasteiger partial charge in [0.15, 0.2) is 6.61 Å². The average molecular weight is 356 g/mol. The summed E-state index contributed by atoms with van der Waals surface area (Å²) in [6.45, 7) is 6.13. The summed E-state index contributed by atoms with van der Waals surface area (Å²) in [4.78, 5) is 24.2. The number of benzene rings is 2. The van der Waals surface area contributed by atoms with E-state index < -0.39 is 11.8 Å². The van der Waals surface area contributed by atoms with Gasteiger partial charge in [0.2, 0.25) is 0 Å². The summed E-state index contributed by atoms with van der Waals surface area (Å²) in [5, 5.41) is 0. The first-order valence-electron chi connectivity index (χ1n) is 8.53. The number of carbonyl (C=O) groups is 2. The van der Waals surface area contributed by atoms with E-state index in [4.69, 9.17) is 9.47 Å². The second-order valence-electron chi connectivity index (χ2n) is 5.86. The van der Waals surface area contributed by atoms with Gasteiger partial charge in [-0.3, -0.25) is 20.4 Å². The summed E-state index contributed by atoms with van der Waals surface area (Å²) < 4.78 is 11.1.